The molecule has 0 heterocycles. The van der Waals surface area contributed by atoms with Gasteiger partial charge in [0.2, 0.25) is 0 Å². The lowest BCUT2D eigenvalue weighted by atomic mass is 9.98. The van der Waals surface area contributed by atoms with Crippen molar-refractivity contribution in [1.82, 2.24) is 0 Å². The van der Waals surface area contributed by atoms with Gasteiger partial charge in [-0.15, -0.1) is 0 Å². The summed E-state index contributed by atoms with van der Waals surface area (Å²) in [6.07, 6.45) is 2.08. The molecule has 3 nitrogen and oxygen atoms in total. The maximum atomic E-state index is 5.88. The minimum Gasteiger partial charge on any atom is -0.382 e. The van der Waals surface area contributed by atoms with E-state index in [1.807, 2.05) is 0 Å². The van der Waals surface area contributed by atoms with Crippen LogP contribution in [0.25, 0.3) is 0 Å². The minimum atomic E-state index is 0.311. The van der Waals surface area contributed by atoms with Gasteiger partial charge in [0.15, 0.2) is 0 Å². The summed E-state index contributed by atoms with van der Waals surface area (Å²) in [6, 6.07) is 0.311. The van der Waals surface area contributed by atoms with E-state index in [0.29, 0.717) is 25.2 Å². The summed E-state index contributed by atoms with van der Waals surface area (Å²) >= 11 is 0. The van der Waals surface area contributed by atoms with Crippen LogP contribution < -0.4 is 5.73 Å². The third-order valence-electron chi connectivity index (χ3n) is 2.35. The Labute approximate surface area is 81.6 Å². The van der Waals surface area contributed by atoms with Crippen LogP contribution in [-0.2, 0) is 9.47 Å². The van der Waals surface area contributed by atoms with Crippen molar-refractivity contribution in [3.05, 3.63) is 0 Å². The van der Waals surface area contributed by atoms with E-state index < -0.39 is 0 Å². The summed E-state index contributed by atoms with van der Waals surface area (Å²) in [7, 11) is 1.68. The Kier molecular flexibility index (Phi) is 8.40. The first kappa shape index (κ1) is 12.9. The van der Waals surface area contributed by atoms with Gasteiger partial charge in [0.05, 0.1) is 13.2 Å². The van der Waals surface area contributed by atoms with E-state index in [9.17, 15) is 0 Å². The maximum absolute atomic E-state index is 5.88. The summed E-state index contributed by atoms with van der Waals surface area (Å²) in [5.41, 5.74) is 5.88. The molecule has 3 heteroatoms. The van der Waals surface area contributed by atoms with Crippen LogP contribution >= 0.6 is 0 Å². The largest absolute Gasteiger partial charge is 0.382 e. The van der Waals surface area contributed by atoms with E-state index >= 15 is 0 Å². The molecule has 0 aliphatic carbocycles. The Bertz CT molecular complexity index is 109. The van der Waals surface area contributed by atoms with E-state index in [-0.39, 0.29) is 0 Å². The molecule has 0 fully saturated rings. The second-order valence-electron chi connectivity index (χ2n) is 3.44. The van der Waals surface area contributed by atoms with Crippen LogP contribution in [0.4, 0.5) is 0 Å². The van der Waals surface area contributed by atoms with Gasteiger partial charge in [-0.2, -0.15) is 0 Å². The first-order chi connectivity index (χ1) is 6.22. The third kappa shape index (κ3) is 6.99. The van der Waals surface area contributed by atoms with E-state index in [1.165, 1.54) is 0 Å². The van der Waals surface area contributed by atoms with Gasteiger partial charge >= 0.3 is 0 Å². The van der Waals surface area contributed by atoms with E-state index in [2.05, 4.69) is 13.8 Å². The van der Waals surface area contributed by atoms with Gasteiger partial charge in [-0.1, -0.05) is 13.8 Å². The van der Waals surface area contributed by atoms with Crippen molar-refractivity contribution in [2.75, 3.05) is 26.9 Å². The zero-order valence-electron chi connectivity index (χ0n) is 9.08. The molecular formula is C10H23NO2. The molecule has 0 saturated heterocycles. The standard InChI is InChI=1S/C10H23NO2/c1-4-10(11)9(2)5-6-13-8-7-12-3/h9-10H,4-8,11H2,1-3H3. The molecular weight excluding hydrogens is 166 g/mol. The van der Waals surface area contributed by atoms with Crippen LogP contribution in [0.15, 0.2) is 0 Å². The zero-order valence-corrected chi connectivity index (χ0v) is 9.08. The Balaban J connectivity index is 3.21. The van der Waals surface area contributed by atoms with E-state index in [4.69, 9.17) is 15.2 Å². The molecule has 0 aromatic rings. The van der Waals surface area contributed by atoms with Crippen molar-refractivity contribution >= 4 is 0 Å². The molecule has 0 saturated carbocycles. The van der Waals surface area contributed by atoms with Gasteiger partial charge in [-0.25, -0.2) is 0 Å². The predicted octanol–water partition coefficient (Wildman–Crippen LogP) is 1.41. The molecule has 0 amide bonds. The number of methoxy groups -OCH3 is 1. The number of hydrogen-bond acceptors (Lipinski definition) is 3. The average molecular weight is 189 g/mol. The van der Waals surface area contributed by atoms with Crippen molar-refractivity contribution < 1.29 is 9.47 Å². The minimum absolute atomic E-state index is 0.311. The van der Waals surface area contributed by atoms with Gasteiger partial charge in [-0.05, 0) is 18.8 Å². The van der Waals surface area contributed by atoms with E-state index in [1.54, 1.807) is 7.11 Å². The first-order valence-electron chi connectivity index (χ1n) is 5.04. The highest BCUT2D eigenvalue weighted by molar-refractivity contribution is 4.66. The number of ether oxygens (including phenoxy) is 2. The molecule has 0 aliphatic heterocycles. The van der Waals surface area contributed by atoms with Crippen LogP contribution in [0.1, 0.15) is 26.7 Å². The highest BCUT2D eigenvalue weighted by Crippen LogP contribution is 2.08. The lowest BCUT2D eigenvalue weighted by Gasteiger charge is -2.17. The molecule has 0 aliphatic rings. The zero-order chi connectivity index (χ0) is 10.1. The lowest BCUT2D eigenvalue weighted by molar-refractivity contribution is 0.0631. The van der Waals surface area contributed by atoms with Gasteiger partial charge < -0.3 is 15.2 Å². The molecule has 2 atom stereocenters. The monoisotopic (exact) mass is 189 g/mol. The van der Waals surface area contributed by atoms with Crippen LogP contribution in [-0.4, -0.2) is 33.0 Å². The van der Waals surface area contributed by atoms with Crippen LogP contribution in [0.5, 0.6) is 0 Å². The smallest absolute Gasteiger partial charge is 0.0700 e. The number of nitrogens with two attached hydrogens (primary N) is 1. The van der Waals surface area contributed by atoms with Gasteiger partial charge in [0.1, 0.15) is 0 Å². The van der Waals surface area contributed by atoms with Crippen LogP contribution in [0, 0.1) is 5.92 Å². The van der Waals surface area contributed by atoms with Crippen molar-refractivity contribution in [2.24, 2.45) is 11.7 Å². The highest BCUT2D eigenvalue weighted by atomic mass is 16.5. The summed E-state index contributed by atoms with van der Waals surface area (Å²) < 4.78 is 10.2. The topological polar surface area (TPSA) is 44.5 Å². The Morgan fingerprint density at radius 1 is 1.23 bits per heavy atom. The molecule has 0 aromatic heterocycles. The third-order valence-corrected chi connectivity index (χ3v) is 2.35. The van der Waals surface area contributed by atoms with Crippen molar-refractivity contribution in [1.29, 1.82) is 0 Å². The molecule has 2 N–H and O–H groups in total. The fourth-order valence-corrected chi connectivity index (χ4v) is 1.13. The highest BCUT2D eigenvalue weighted by Gasteiger charge is 2.09. The van der Waals surface area contributed by atoms with Crippen LogP contribution in [0.3, 0.4) is 0 Å². The molecule has 13 heavy (non-hydrogen) atoms. The number of hydrogen-bond donors (Lipinski definition) is 1. The molecule has 0 rings (SSSR count). The fraction of sp³-hybridized carbons (Fsp3) is 1.00. The molecule has 0 radical (unpaired) electrons. The Hall–Kier alpha value is -0.120. The predicted molar refractivity (Wildman–Crippen MR) is 54.7 cm³/mol. The first-order valence-corrected chi connectivity index (χ1v) is 5.04. The Morgan fingerprint density at radius 3 is 2.46 bits per heavy atom. The van der Waals surface area contributed by atoms with Crippen molar-refractivity contribution in [2.45, 2.75) is 32.7 Å². The van der Waals surface area contributed by atoms with Crippen molar-refractivity contribution in [3.63, 3.8) is 0 Å². The van der Waals surface area contributed by atoms with Gasteiger partial charge in [0, 0.05) is 19.8 Å². The molecule has 0 aromatic carbocycles. The number of rotatable bonds is 8. The lowest BCUT2D eigenvalue weighted by Crippen LogP contribution is -2.28. The molecule has 2 unspecified atom stereocenters. The molecule has 0 bridgehead atoms. The normalized spacial score (nSPS) is 15.7. The van der Waals surface area contributed by atoms with Gasteiger partial charge in [0.25, 0.3) is 0 Å². The second-order valence-corrected chi connectivity index (χ2v) is 3.44. The van der Waals surface area contributed by atoms with E-state index in [0.717, 1.165) is 19.4 Å². The van der Waals surface area contributed by atoms with Crippen LogP contribution in [0.2, 0.25) is 0 Å². The summed E-state index contributed by atoms with van der Waals surface area (Å²) in [5.74, 6) is 0.549. The summed E-state index contributed by atoms with van der Waals surface area (Å²) in [5, 5.41) is 0. The molecule has 0 spiro atoms. The van der Waals surface area contributed by atoms with Gasteiger partial charge in [-0.3, -0.25) is 0 Å². The SMILES string of the molecule is CCC(N)C(C)CCOCCOC. The second kappa shape index (κ2) is 8.48. The van der Waals surface area contributed by atoms with Crippen molar-refractivity contribution in [3.8, 4) is 0 Å². The quantitative estimate of drug-likeness (QED) is 0.587. The summed E-state index contributed by atoms with van der Waals surface area (Å²) in [4.78, 5) is 0. The Morgan fingerprint density at radius 2 is 1.92 bits per heavy atom. The fourth-order valence-electron chi connectivity index (χ4n) is 1.13. The molecule has 80 valence electrons. The summed E-state index contributed by atoms with van der Waals surface area (Å²) in [6.45, 7) is 6.44. The average Bonchev–Trinajstić information content (AvgIpc) is 2.16. The maximum Gasteiger partial charge on any atom is 0.0700 e.